The molecule has 4 rings (SSSR count). The van der Waals surface area contributed by atoms with E-state index in [1.165, 1.54) is 13.1 Å². The van der Waals surface area contributed by atoms with Gasteiger partial charge in [0.15, 0.2) is 11.6 Å². The second-order valence-corrected chi connectivity index (χ2v) is 7.28. The quantitative estimate of drug-likeness (QED) is 0.557. The highest BCUT2D eigenvalue weighted by Crippen LogP contribution is 2.49. The molecule has 0 spiro atoms. The number of aliphatic hydroxyl groups excluding tert-OH is 2. The maximum absolute atomic E-state index is 13.2. The molecule has 140 valence electrons. The Balaban J connectivity index is 1.85. The minimum absolute atomic E-state index is 0.000654. The van der Waals surface area contributed by atoms with Gasteiger partial charge in [0.05, 0.1) is 11.5 Å². The Morgan fingerprint density at radius 2 is 1.89 bits per heavy atom. The number of aliphatic hydroxyl groups is 2. The molecular weight excluding hydrogens is 350 g/mol. The molecule has 0 bridgehead atoms. The van der Waals surface area contributed by atoms with Gasteiger partial charge in [-0.1, -0.05) is 12.1 Å². The first-order valence-electron chi connectivity index (χ1n) is 8.82. The van der Waals surface area contributed by atoms with Crippen LogP contribution in [0.15, 0.2) is 35.1 Å². The standard InChI is InChI=1S/C20H19NO6/c1-21-20(27)16-12(23)7-10-6-9-5-8-3-2-4-11(22)13(8)17(24)14(9)18(25)15(10)19(16)26/h2-4,9-10,15,22,24,26H,5-7H2,1H3,(H,21,27). The number of fused-ring (bicyclic) bond motifs is 3. The van der Waals surface area contributed by atoms with Gasteiger partial charge in [0.25, 0.3) is 5.91 Å². The van der Waals surface area contributed by atoms with Crippen LogP contribution in [0, 0.1) is 17.8 Å². The summed E-state index contributed by atoms with van der Waals surface area (Å²) in [5.74, 6) is -4.37. The largest absolute Gasteiger partial charge is 0.511 e. The van der Waals surface area contributed by atoms with Crippen LogP contribution < -0.4 is 5.32 Å². The Labute approximate surface area is 155 Å². The molecule has 1 aromatic rings. The number of aromatic hydroxyl groups is 1. The molecule has 0 aliphatic heterocycles. The van der Waals surface area contributed by atoms with Crippen LogP contribution >= 0.6 is 0 Å². The minimum Gasteiger partial charge on any atom is -0.511 e. The van der Waals surface area contributed by atoms with E-state index in [-0.39, 0.29) is 40.6 Å². The van der Waals surface area contributed by atoms with E-state index in [1.807, 2.05) is 0 Å². The normalized spacial score (nSPS) is 27.1. The van der Waals surface area contributed by atoms with Crippen molar-refractivity contribution in [2.24, 2.45) is 17.8 Å². The van der Waals surface area contributed by atoms with Crippen LogP contribution in [0.2, 0.25) is 0 Å². The third-order valence-electron chi connectivity index (χ3n) is 5.83. The molecule has 0 radical (unpaired) electrons. The Kier molecular flexibility index (Phi) is 3.83. The first kappa shape index (κ1) is 17.3. The zero-order valence-corrected chi connectivity index (χ0v) is 14.7. The number of phenols is 1. The number of nitrogens with one attached hydrogen (secondary N) is 1. The summed E-state index contributed by atoms with van der Waals surface area (Å²) in [4.78, 5) is 37.5. The van der Waals surface area contributed by atoms with E-state index in [2.05, 4.69) is 5.32 Å². The summed E-state index contributed by atoms with van der Waals surface area (Å²) >= 11 is 0. The van der Waals surface area contributed by atoms with E-state index >= 15 is 0 Å². The maximum Gasteiger partial charge on any atom is 0.258 e. The Hall–Kier alpha value is -3.09. The number of Topliss-reactive ketones (excluding diaryl/α,β-unsaturated/α-hetero) is 2. The highest BCUT2D eigenvalue weighted by Gasteiger charge is 2.50. The molecule has 0 aromatic heterocycles. The number of allylic oxidation sites excluding steroid dienone is 2. The van der Waals surface area contributed by atoms with Crippen LogP contribution in [0.25, 0.3) is 5.76 Å². The number of hydrogen-bond donors (Lipinski definition) is 4. The highest BCUT2D eigenvalue weighted by atomic mass is 16.3. The predicted molar refractivity (Wildman–Crippen MR) is 94.8 cm³/mol. The molecule has 0 heterocycles. The second-order valence-electron chi connectivity index (χ2n) is 7.28. The zero-order valence-electron chi connectivity index (χ0n) is 14.7. The van der Waals surface area contributed by atoms with Gasteiger partial charge in [-0.25, -0.2) is 0 Å². The smallest absolute Gasteiger partial charge is 0.258 e. The Morgan fingerprint density at radius 1 is 1.15 bits per heavy atom. The lowest BCUT2D eigenvalue weighted by Crippen LogP contribution is -2.44. The van der Waals surface area contributed by atoms with E-state index in [0.29, 0.717) is 12.8 Å². The second kappa shape index (κ2) is 5.97. The number of ketones is 2. The van der Waals surface area contributed by atoms with E-state index in [0.717, 1.165) is 5.56 Å². The van der Waals surface area contributed by atoms with Gasteiger partial charge in [-0.15, -0.1) is 0 Å². The molecule has 3 atom stereocenters. The van der Waals surface area contributed by atoms with Crippen LogP contribution in [-0.2, 0) is 20.8 Å². The summed E-state index contributed by atoms with van der Waals surface area (Å²) in [6, 6.07) is 4.90. The molecule has 3 unspecified atom stereocenters. The van der Waals surface area contributed by atoms with Crippen molar-refractivity contribution in [3.63, 3.8) is 0 Å². The summed E-state index contributed by atoms with van der Waals surface area (Å²) in [6.45, 7) is 0. The predicted octanol–water partition coefficient (Wildman–Crippen LogP) is 1.57. The van der Waals surface area contributed by atoms with Crippen molar-refractivity contribution in [2.45, 2.75) is 19.3 Å². The summed E-state index contributed by atoms with van der Waals surface area (Å²) in [6.07, 6.45) is 0.890. The van der Waals surface area contributed by atoms with E-state index in [1.54, 1.807) is 12.1 Å². The highest BCUT2D eigenvalue weighted by molar-refractivity contribution is 6.21. The van der Waals surface area contributed by atoms with Gasteiger partial charge in [0.2, 0.25) is 0 Å². The van der Waals surface area contributed by atoms with Crippen molar-refractivity contribution < 1.29 is 29.7 Å². The molecule has 1 fully saturated rings. The number of carbonyl (C=O) groups excluding carboxylic acids is 3. The Morgan fingerprint density at radius 3 is 2.59 bits per heavy atom. The monoisotopic (exact) mass is 369 g/mol. The lowest BCUT2D eigenvalue weighted by Gasteiger charge is -2.41. The topological polar surface area (TPSA) is 124 Å². The lowest BCUT2D eigenvalue weighted by molar-refractivity contribution is -0.128. The summed E-state index contributed by atoms with van der Waals surface area (Å²) in [5, 5.41) is 33.7. The van der Waals surface area contributed by atoms with Crippen molar-refractivity contribution in [1.82, 2.24) is 5.32 Å². The fourth-order valence-corrected chi connectivity index (χ4v) is 4.68. The molecular formula is C20H19NO6. The van der Waals surface area contributed by atoms with Gasteiger partial charge in [0.1, 0.15) is 22.8 Å². The summed E-state index contributed by atoms with van der Waals surface area (Å²) < 4.78 is 0. The lowest BCUT2D eigenvalue weighted by atomic mass is 9.61. The van der Waals surface area contributed by atoms with Crippen molar-refractivity contribution >= 4 is 23.2 Å². The fraction of sp³-hybridized carbons (Fsp3) is 0.350. The number of carbonyl (C=O) groups is 3. The van der Waals surface area contributed by atoms with Crippen LogP contribution in [0.4, 0.5) is 0 Å². The first-order chi connectivity index (χ1) is 12.8. The molecule has 1 aromatic carbocycles. The average Bonchev–Trinajstić information content (AvgIpc) is 2.60. The number of rotatable bonds is 1. The number of likely N-dealkylation sites (N-methyl/N-ethyl adjacent to an activating group) is 1. The van der Waals surface area contributed by atoms with Crippen molar-refractivity contribution in [3.8, 4) is 5.75 Å². The molecule has 1 saturated carbocycles. The van der Waals surface area contributed by atoms with Gasteiger partial charge in [-0.05, 0) is 36.3 Å². The van der Waals surface area contributed by atoms with Gasteiger partial charge in [0, 0.05) is 19.0 Å². The third kappa shape index (κ3) is 2.38. The number of amides is 1. The molecule has 27 heavy (non-hydrogen) atoms. The molecule has 1 amide bonds. The summed E-state index contributed by atoms with van der Waals surface area (Å²) in [7, 11) is 1.34. The van der Waals surface area contributed by atoms with Crippen molar-refractivity contribution in [3.05, 3.63) is 46.2 Å². The maximum atomic E-state index is 13.2. The molecule has 4 N–H and O–H groups in total. The molecule has 7 nitrogen and oxygen atoms in total. The minimum atomic E-state index is -1.03. The van der Waals surface area contributed by atoms with Crippen LogP contribution in [-0.4, -0.2) is 39.8 Å². The van der Waals surface area contributed by atoms with Crippen molar-refractivity contribution in [1.29, 1.82) is 0 Å². The van der Waals surface area contributed by atoms with Gasteiger partial charge in [-0.3, -0.25) is 14.4 Å². The molecule has 3 aliphatic rings. The SMILES string of the molecule is CNC(=O)C1=C(O)C2C(=O)C3=C(O)c4c(O)cccc4CC3CC2CC1=O. The zero-order chi connectivity index (χ0) is 19.5. The average molecular weight is 369 g/mol. The van der Waals surface area contributed by atoms with E-state index < -0.39 is 35.1 Å². The van der Waals surface area contributed by atoms with Gasteiger partial charge < -0.3 is 20.6 Å². The van der Waals surface area contributed by atoms with Crippen LogP contribution in [0.1, 0.15) is 24.0 Å². The number of hydrogen-bond acceptors (Lipinski definition) is 6. The van der Waals surface area contributed by atoms with E-state index in [4.69, 9.17) is 0 Å². The number of phenolic OH excluding ortho intramolecular Hbond substituents is 1. The van der Waals surface area contributed by atoms with Crippen LogP contribution in [0.5, 0.6) is 5.75 Å². The van der Waals surface area contributed by atoms with Crippen molar-refractivity contribution in [2.75, 3.05) is 7.05 Å². The molecule has 7 heteroatoms. The third-order valence-corrected chi connectivity index (χ3v) is 5.83. The molecule has 3 aliphatic carbocycles. The van der Waals surface area contributed by atoms with Gasteiger partial charge >= 0.3 is 0 Å². The van der Waals surface area contributed by atoms with Crippen LogP contribution in [0.3, 0.4) is 0 Å². The fourth-order valence-electron chi connectivity index (χ4n) is 4.68. The van der Waals surface area contributed by atoms with E-state index in [9.17, 15) is 29.7 Å². The Bertz CT molecular complexity index is 957. The summed E-state index contributed by atoms with van der Waals surface area (Å²) in [5.41, 5.74) is 0.741. The number of benzene rings is 1. The first-order valence-corrected chi connectivity index (χ1v) is 8.82. The molecule has 0 saturated heterocycles. The van der Waals surface area contributed by atoms with Gasteiger partial charge in [-0.2, -0.15) is 0 Å².